The van der Waals surface area contributed by atoms with Crippen molar-refractivity contribution in [3.8, 4) is 0 Å². The van der Waals surface area contributed by atoms with Gasteiger partial charge in [-0.2, -0.15) is 21.9 Å². The Balaban J connectivity index is 2.23. The molecule has 1 amide bonds. The number of hydrogen-bond acceptors (Lipinski definition) is 6. The number of carbonyl (C=O) groups excluding carboxylic acids is 1. The van der Waals surface area contributed by atoms with E-state index in [1.807, 2.05) is 0 Å². The number of benzene rings is 2. The fourth-order valence-corrected chi connectivity index (χ4v) is 3.90. The number of carbonyl (C=O) groups is 1. The lowest BCUT2D eigenvalue weighted by Crippen LogP contribution is -2.11. The third-order valence-electron chi connectivity index (χ3n) is 3.72. The van der Waals surface area contributed by atoms with Gasteiger partial charge in [0, 0.05) is 6.42 Å². The molecule has 0 saturated carbocycles. The Labute approximate surface area is 142 Å². The molecule has 2 aromatic rings. The van der Waals surface area contributed by atoms with E-state index in [2.05, 4.69) is 10.5 Å². The molecule has 0 spiro atoms. The minimum absolute atomic E-state index is 0.00952. The van der Waals surface area contributed by atoms with E-state index in [9.17, 15) is 26.2 Å². The molecule has 25 heavy (non-hydrogen) atoms. The first-order chi connectivity index (χ1) is 11.6. The third kappa shape index (κ3) is 3.54. The van der Waals surface area contributed by atoms with Gasteiger partial charge in [-0.15, -0.1) is 0 Å². The highest BCUT2D eigenvalue weighted by Crippen LogP contribution is 2.29. The van der Waals surface area contributed by atoms with Crippen molar-refractivity contribution in [1.82, 2.24) is 5.43 Å². The van der Waals surface area contributed by atoms with Crippen LogP contribution in [0, 0.1) is 0 Å². The van der Waals surface area contributed by atoms with E-state index in [1.54, 1.807) is 0 Å². The molecule has 0 saturated heterocycles. The molecule has 0 radical (unpaired) electrons. The van der Waals surface area contributed by atoms with Crippen molar-refractivity contribution >= 4 is 42.6 Å². The molecule has 9 nitrogen and oxygen atoms in total. The number of nitrogens with zero attached hydrogens (tertiary/aromatic N) is 1. The maximum Gasteiger partial charge on any atom is 0.294 e. The van der Waals surface area contributed by atoms with Gasteiger partial charge in [0.15, 0.2) is 0 Å². The number of hydrogen-bond donors (Lipinski definition) is 3. The van der Waals surface area contributed by atoms with Crippen LogP contribution in [0.4, 0.5) is 0 Å². The zero-order valence-electron chi connectivity index (χ0n) is 12.5. The summed E-state index contributed by atoms with van der Waals surface area (Å²) in [5, 5.41) is 4.50. The summed E-state index contributed by atoms with van der Waals surface area (Å²) in [6.45, 7) is 0. The van der Waals surface area contributed by atoms with E-state index in [0.717, 1.165) is 12.1 Å². The Hall–Kier alpha value is -2.34. The van der Waals surface area contributed by atoms with Gasteiger partial charge in [0.1, 0.15) is 0 Å². The van der Waals surface area contributed by atoms with Crippen molar-refractivity contribution in [3.63, 3.8) is 0 Å². The molecular formula is C14H12N2O7S2. The van der Waals surface area contributed by atoms with Gasteiger partial charge in [-0.25, -0.2) is 5.43 Å². The maximum atomic E-state index is 11.7. The highest BCUT2D eigenvalue weighted by molar-refractivity contribution is 7.86. The zero-order valence-corrected chi connectivity index (χ0v) is 14.1. The van der Waals surface area contributed by atoms with Crippen molar-refractivity contribution in [2.24, 2.45) is 5.10 Å². The summed E-state index contributed by atoms with van der Waals surface area (Å²) in [6, 6.07) is 6.08. The lowest BCUT2D eigenvalue weighted by Gasteiger charge is -2.11. The standard InChI is InChI=1S/C14H12N2O7S2/c17-14-7-9(15-16-14)6-12-11-3-2-10(24(18,19)20)5-8(11)1-4-13(12)25(21,22)23/h1-5H,6-7H2,(H,16,17)(H,18,19,20)(H,21,22,23). The summed E-state index contributed by atoms with van der Waals surface area (Å²) in [4.78, 5) is 10.6. The van der Waals surface area contributed by atoms with Crippen molar-refractivity contribution in [2.75, 3.05) is 0 Å². The summed E-state index contributed by atoms with van der Waals surface area (Å²) in [5.41, 5.74) is 2.80. The monoisotopic (exact) mass is 384 g/mol. The van der Waals surface area contributed by atoms with Gasteiger partial charge in [-0.3, -0.25) is 13.9 Å². The first-order valence-electron chi connectivity index (χ1n) is 6.90. The Morgan fingerprint density at radius 3 is 2.32 bits per heavy atom. The number of rotatable bonds is 4. The first kappa shape index (κ1) is 17.5. The first-order valence-corrected chi connectivity index (χ1v) is 9.78. The predicted molar refractivity (Wildman–Crippen MR) is 87.5 cm³/mol. The fourth-order valence-electron chi connectivity index (χ4n) is 2.65. The second-order valence-corrected chi connectivity index (χ2v) is 8.25. The molecule has 2 aromatic carbocycles. The van der Waals surface area contributed by atoms with Gasteiger partial charge in [0.25, 0.3) is 20.2 Å². The van der Waals surface area contributed by atoms with Crippen LogP contribution >= 0.6 is 0 Å². The summed E-state index contributed by atoms with van der Waals surface area (Å²) < 4.78 is 64.4. The van der Waals surface area contributed by atoms with E-state index < -0.39 is 20.2 Å². The van der Waals surface area contributed by atoms with E-state index in [4.69, 9.17) is 4.55 Å². The van der Waals surface area contributed by atoms with Crippen LogP contribution in [-0.4, -0.2) is 37.6 Å². The molecular weight excluding hydrogens is 372 g/mol. The Kier molecular flexibility index (Phi) is 4.11. The van der Waals surface area contributed by atoms with Crippen LogP contribution in [0.3, 0.4) is 0 Å². The highest BCUT2D eigenvalue weighted by Gasteiger charge is 2.23. The van der Waals surface area contributed by atoms with Crippen molar-refractivity contribution in [1.29, 1.82) is 0 Å². The van der Waals surface area contributed by atoms with Crippen LogP contribution in [0.5, 0.6) is 0 Å². The van der Waals surface area contributed by atoms with Gasteiger partial charge in [0.2, 0.25) is 5.91 Å². The normalized spacial score (nSPS) is 15.3. The summed E-state index contributed by atoms with van der Waals surface area (Å²) in [5.74, 6) is -0.336. The SMILES string of the molecule is O=C1CC(Cc2c(S(=O)(=O)O)ccc3cc(S(=O)(=O)O)ccc23)=NN1. The van der Waals surface area contributed by atoms with Crippen molar-refractivity contribution < 1.29 is 30.7 Å². The van der Waals surface area contributed by atoms with Gasteiger partial charge in [0.05, 0.1) is 21.9 Å². The Morgan fingerprint density at radius 1 is 1.04 bits per heavy atom. The van der Waals surface area contributed by atoms with Crippen LogP contribution in [0.15, 0.2) is 45.2 Å². The van der Waals surface area contributed by atoms with Crippen LogP contribution in [-0.2, 0) is 31.5 Å². The summed E-state index contributed by atoms with van der Waals surface area (Å²) >= 11 is 0. The third-order valence-corrected chi connectivity index (χ3v) is 5.51. The van der Waals surface area contributed by atoms with Crippen LogP contribution < -0.4 is 5.43 Å². The van der Waals surface area contributed by atoms with Crippen molar-refractivity contribution in [3.05, 3.63) is 35.9 Å². The average Bonchev–Trinajstić information content (AvgIpc) is 2.90. The summed E-state index contributed by atoms with van der Waals surface area (Å²) in [7, 11) is -8.97. The minimum atomic E-state index is -4.55. The Morgan fingerprint density at radius 2 is 1.76 bits per heavy atom. The van der Waals surface area contributed by atoms with E-state index >= 15 is 0 Å². The van der Waals surface area contributed by atoms with Gasteiger partial charge in [-0.1, -0.05) is 12.1 Å². The molecule has 1 aliphatic rings. The van der Waals surface area contributed by atoms with Crippen LogP contribution in [0.1, 0.15) is 12.0 Å². The maximum absolute atomic E-state index is 11.7. The number of nitrogens with one attached hydrogen (secondary N) is 1. The molecule has 3 rings (SSSR count). The summed E-state index contributed by atoms with van der Waals surface area (Å²) in [6.07, 6.45) is -0.0408. The van der Waals surface area contributed by atoms with Gasteiger partial charge >= 0.3 is 0 Å². The molecule has 0 bridgehead atoms. The van der Waals surface area contributed by atoms with Crippen LogP contribution in [0.25, 0.3) is 10.8 Å². The molecule has 0 aromatic heterocycles. The molecule has 11 heteroatoms. The molecule has 0 fully saturated rings. The van der Waals surface area contributed by atoms with Gasteiger partial charge in [-0.05, 0) is 34.5 Å². The number of hydrazone groups is 1. The zero-order chi connectivity index (χ0) is 18.4. The number of amides is 1. The molecule has 132 valence electrons. The Bertz CT molecular complexity index is 1140. The second kappa shape index (κ2) is 5.88. The van der Waals surface area contributed by atoms with E-state index in [-0.39, 0.29) is 34.1 Å². The highest BCUT2D eigenvalue weighted by atomic mass is 32.2. The van der Waals surface area contributed by atoms with E-state index in [1.165, 1.54) is 18.2 Å². The minimum Gasteiger partial charge on any atom is -0.282 e. The predicted octanol–water partition coefficient (Wildman–Crippen LogP) is 0.752. The molecule has 0 atom stereocenters. The van der Waals surface area contributed by atoms with Crippen molar-refractivity contribution in [2.45, 2.75) is 22.6 Å². The lowest BCUT2D eigenvalue weighted by molar-refractivity contribution is -0.119. The second-order valence-electron chi connectivity index (χ2n) is 5.44. The molecule has 3 N–H and O–H groups in total. The van der Waals surface area contributed by atoms with Crippen LogP contribution in [0.2, 0.25) is 0 Å². The molecule has 1 heterocycles. The lowest BCUT2D eigenvalue weighted by atomic mass is 9.99. The van der Waals surface area contributed by atoms with E-state index in [0.29, 0.717) is 16.5 Å². The fraction of sp³-hybridized carbons (Fsp3) is 0.143. The largest absolute Gasteiger partial charge is 0.294 e. The number of fused-ring (bicyclic) bond motifs is 1. The molecule has 1 aliphatic heterocycles. The topological polar surface area (TPSA) is 150 Å². The molecule has 0 aliphatic carbocycles. The average molecular weight is 384 g/mol. The molecule has 0 unspecified atom stereocenters. The smallest absolute Gasteiger partial charge is 0.282 e. The van der Waals surface area contributed by atoms with Gasteiger partial charge < -0.3 is 0 Å². The quantitative estimate of drug-likeness (QED) is 0.658.